The van der Waals surface area contributed by atoms with Gasteiger partial charge in [-0.25, -0.2) is 9.97 Å². The molecular weight excluding hydrogens is 126 g/mol. The third-order valence-corrected chi connectivity index (χ3v) is 1.15. The lowest BCUT2D eigenvalue weighted by atomic mass is 10.5. The minimum atomic E-state index is 0.756. The monoisotopic (exact) mass is 136 g/mol. The molecule has 53 valence electrons. The van der Waals surface area contributed by atoms with Crippen LogP contribution >= 0.6 is 0 Å². The summed E-state index contributed by atoms with van der Waals surface area (Å²) in [4.78, 5) is 9.94. The molecule has 0 saturated carbocycles. The van der Waals surface area contributed by atoms with Crippen molar-refractivity contribution in [3.63, 3.8) is 0 Å². The molecule has 0 amide bonds. The molecule has 0 aliphatic heterocycles. The third kappa shape index (κ3) is 1.43. The Morgan fingerprint density at radius 2 is 2.20 bits per heavy atom. The van der Waals surface area contributed by atoms with Crippen LogP contribution in [0.4, 0.5) is 5.82 Å². The summed E-state index contributed by atoms with van der Waals surface area (Å²) >= 11 is 0. The highest BCUT2D eigenvalue weighted by molar-refractivity contribution is 5.34. The molecule has 0 unspecified atom stereocenters. The molecule has 1 heterocycles. The molecule has 0 atom stereocenters. The third-order valence-electron chi connectivity index (χ3n) is 1.15. The van der Waals surface area contributed by atoms with Gasteiger partial charge in [-0.1, -0.05) is 0 Å². The molecule has 1 aromatic rings. The van der Waals surface area contributed by atoms with E-state index in [9.17, 15) is 0 Å². The van der Waals surface area contributed by atoms with E-state index < -0.39 is 0 Å². The van der Waals surface area contributed by atoms with Crippen molar-refractivity contribution in [1.29, 1.82) is 0 Å². The molecule has 3 heteroatoms. The van der Waals surface area contributed by atoms with Gasteiger partial charge in [-0.3, -0.25) is 0 Å². The Hall–Kier alpha value is -1.12. The van der Waals surface area contributed by atoms with Gasteiger partial charge >= 0.3 is 0 Å². The van der Waals surface area contributed by atoms with Crippen LogP contribution in [0, 0.1) is 13.1 Å². The van der Waals surface area contributed by atoms with E-state index >= 15 is 0 Å². The van der Waals surface area contributed by atoms with Gasteiger partial charge < -0.3 is 4.90 Å². The van der Waals surface area contributed by atoms with E-state index in [0.717, 1.165) is 11.6 Å². The van der Waals surface area contributed by atoms with Crippen molar-refractivity contribution in [3.8, 4) is 0 Å². The van der Waals surface area contributed by atoms with Crippen LogP contribution in [0.15, 0.2) is 6.07 Å². The summed E-state index contributed by atoms with van der Waals surface area (Å²) in [6, 6.07) is 1.76. The Bertz CT molecular complexity index is 220. The number of hydrogen-bond acceptors (Lipinski definition) is 3. The number of aryl methyl sites for hydroxylation is 1. The quantitative estimate of drug-likeness (QED) is 0.567. The minimum absolute atomic E-state index is 0.756. The van der Waals surface area contributed by atoms with Crippen LogP contribution < -0.4 is 4.90 Å². The van der Waals surface area contributed by atoms with Crippen molar-refractivity contribution in [2.24, 2.45) is 0 Å². The summed E-state index contributed by atoms with van der Waals surface area (Å²) in [6.45, 7) is 1.85. The van der Waals surface area contributed by atoms with Gasteiger partial charge in [0, 0.05) is 20.2 Å². The molecule has 0 fully saturated rings. The molecule has 0 saturated heterocycles. The van der Waals surface area contributed by atoms with Gasteiger partial charge in [-0.15, -0.1) is 0 Å². The van der Waals surface area contributed by atoms with E-state index in [1.54, 1.807) is 6.07 Å². The molecule has 0 aliphatic carbocycles. The van der Waals surface area contributed by atoms with E-state index in [0.29, 0.717) is 0 Å². The lowest BCUT2D eigenvalue weighted by Crippen LogP contribution is -2.11. The van der Waals surface area contributed by atoms with E-state index in [1.165, 1.54) is 0 Å². The Morgan fingerprint density at radius 1 is 1.50 bits per heavy atom. The Kier molecular flexibility index (Phi) is 1.85. The smallest absolute Gasteiger partial charge is 0.132 e. The standard InChI is InChI=1S/C7H10N3/c1-6-8-5-4-7(9-6)10(2)3/h4H,1-3H3. The van der Waals surface area contributed by atoms with Crippen molar-refractivity contribution < 1.29 is 0 Å². The summed E-state index contributed by atoms with van der Waals surface area (Å²) in [5.74, 6) is 1.65. The summed E-state index contributed by atoms with van der Waals surface area (Å²) in [7, 11) is 3.88. The van der Waals surface area contributed by atoms with Crippen molar-refractivity contribution in [2.75, 3.05) is 19.0 Å². The average Bonchev–Trinajstić information content (AvgIpc) is 1.88. The number of hydrogen-bond donors (Lipinski definition) is 0. The maximum absolute atomic E-state index is 4.16. The first kappa shape index (κ1) is 6.99. The van der Waals surface area contributed by atoms with Crippen LogP contribution in [0.2, 0.25) is 0 Å². The SMILES string of the molecule is Cc1n[c]cc(N(C)C)n1. The summed E-state index contributed by atoms with van der Waals surface area (Å²) in [5.41, 5.74) is 0. The molecule has 1 radical (unpaired) electrons. The van der Waals surface area contributed by atoms with Crippen LogP contribution in [0.3, 0.4) is 0 Å². The molecule has 3 nitrogen and oxygen atoms in total. The fourth-order valence-corrected chi connectivity index (χ4v) is 0.636. The molecular formula is C7H10N3. The van der Waals surface area contributed by atoms with Crippen LogP contribution in [-0.2, 0) is 0 Å². The number of aromatic nitrogens is 2. The van der Waals surface area contributed by atoms with E-state index in [4.69, 9.17) is 0 Å². The van der Waals surface area contributed by atoms with Crippen molar-refractivity contribution in [1.82, 2.24) is 9.97 Å². The van der Waals surface area contributed by atoms with Crippen LogP contribution in [-0.4, -0.2) is 24.1 Å². The normalized spacial score (nSPS) is 9.50. The molecule has 0 N–H and O–H groups in total. The zero-order chi connectivity index (χ0) is 7.56. The van der Waals surface area contributed by atoms with Gasteiger partial charge in [0.1, 0.15) is 11.6 Å². The Balaban J connectivity index is 2.96. The largest absolute Gasteiger partial charge is 0.363 e. The first-order valence-electron chi connectivity index (χ1n) is 3.09. The van der Waals surface area contributed by atoms with Crippen molar-refractivity contribution >= 4 is 5.82 Å². The second kappa shape index (κ2) is 2.64. The molecule has 10 heavy (non-hydrogen) atoms. The lowest BCUT2D eigenvalue weighted by Gasteiger charge is -2.09. The van der Waals surface area contributed by atoms with Crippen molar-refractivity contribution in [3.05, 3.63) is 18.1 Å². The first-order chi connectivity index (χ1) is 4.70. The minimum Gasteiger partial charge on any atom is -0.363 e. The van der Waals surface area contributed by atoms with Crippen LogP contribution in [0.25, 0.3) is 0 Å². The second-order valence-electron chi connectivity index (χ2n) is 2.30. The highest BCUT2D eigenvalue weighted by atomic mass is 15.1. The van der Waals surface area contributed by atoms with E-state index in [1.807, 2.05) is 25.9 Å². The zero-order valence-corrected chi connectivity index (χ0v) is 6.42. The van der Waals surface area contributed by atoms with Gasteiger partial charge in [-0.2, -0.15) is 0 Å². The van der Waals surface area contributed by atoms with Gasteiger partial charge in [0.2, 0.25) is 0 Å². The van der Waals surface area contributed by atoms with E-state index in [2.05, 4.69) is 16.2 Å². The topological polar surface area (TPSA) is 29.0 Å². The molecule has 0 aromatic carbocycles. The summed E-state index contributed by atoms with van der Waals surface area (Å²) in [5, 5.41) is 0. The van der Waals surface area contributed by atoms with E-state index in [-0.39, 0.29) is 0 Å². The number of anilines is 1. The van der Waals surface area contributed by atoms with Crippen molar-refractivity contribution in [2.45, 2.75) is 6.92 Å². The number of nitrogens with zero attached hydrogens (tertiary/aromatic N) is 3. The Morgan fingerprint density at radius 3 is 2.60 bits per heavy atom. The average molecular weight is 136 g/mol. The van der Waals surface area contributed by atoms with Gasteiger partial charge in [0.05, 0.1) is 6.20 Å². The summed E-state index contributed by atoms with van der Waals surface area (Å²) < 4.78 is 0. The fourth-order valence-electron chi connectivity index (χ4n) is 0.636. The summed E-state index contributed by atoms with van der Waals surface area (Å²) in [6.07, 6.45) is 2.76. The molecule has 1 aromatic heterocycles. The first-order valence-corrected chi connectivity index (χ1v) is 3.09. The highest BCUT2D eigenvalue weighted by Gasteiger charge is 1.95. The predicted octanol–water partition coefficient (Wildman–Crippen LogP) is 0.651. The van der Waals surface area contributed by atoms with Crippen LogP contribution in [0.1, 0.15) is 5.82 Å². The maximum Gasteiger partial charge on any atom is 0.132 e. The predicted molar refractivity (Wildman–Crippen MR) is 39.9 cm³/mol. The Labute approximate surface area is 60.7 Å². The van der Waals surface area contributed by atoms with Gasteiger partial charge in [-0.05, 0) is 6.92 Å². The molecule has 0 bridgehead atoms. The van der Waals surface area contributed by atoms with Crippen LogP contribution in [0.5, 0.6) is 0 Å². The molecule has 1 rings (SSSR count). The van der Waals surface area contributed by atoms with Gasteiger partial charge in [0.15, 0.2) is 0 Å². The second-order valence-corrected chi connectivity index (χ2v) is 2.30. The zero-order valence-electron chi connectivity index (χ0n) is 6.42. The fraction of sp³-hybridized carbons (Fsp3) is 0.429. The number of rotatable bonds is 1. The lowest BCUT2D eigenvalue weighted by molar-refractivity contribution is 0.984. The molecule has 0 aliphatic rings. The molecule has 0 spiro atoms. The highest BCUT2D eigenvalue weighted by Crippen LogP contribution is 2.03. The maximum atomic E-state index is 4.16. The van der Waals surface area contributed by atoms with Gasteiger partial charge in [0.25, 0.3) is 0 Å².